The van der Waals surface area contributed by atoms with E-state index in [1.54, 1.807) is 55.5 Å². The lowest BCUT2D eigenvalue weighted by Gasteiger charge is -2.23. The molecule has 0 saturated carbocycles. The van der Waals surface area contributed by atoms with Crippen molar-refractivity contribution >= 4 is 55.8 Å². The number of benzene rings is 2. The zero-order chi connectivity index (χ0) is 24.6. The molecule has 0 aliphatic carbocycles. The van der Waals surface area contributed by atoms with Gasteiger partial charge in [-0.3, -0.25) is 14.5 Å². The first kappa shape index (κ1) is 23.7. The van der Waals surface area contributed by atoms with E-state index >= 15 is 0 Å². The van der Waals surface area contributed by atoms with Crippen LogP contribution in [0.3, 0.4) is 0 Å². The van der Waals surface area contributed by atoms with E-state index in [-0.39, 0.29) is 21.3 Å². The third kappa shape index (κ3) is 4.10. The van der Waals surface area contributed by atoms with Gasteiger partial charge in [0.15, 0.2) is 5.13 Å². The lowest BCUT2D eigenvalue weighted by atomic mass is 9.95. The van der Waals surface area contributed by atoms with Gasteiger partial charge in [0.2, 0.25) is 0 Å². The number of aromatic nitrogens is 1. The van der Waals surface area contributed by atoms with E-state index in [2.05, 4.69) is 20.9 Å². The Kier molecular flexibility index (Phi) is 6.54. The second-order valence-corrected chi connectivity index (χ2v) is 9.25. The number of aliphatic hydroxyl groups is 1. The quantitative estimate of drug-likeness (QED) is 0.216. The van der Waals surface area contributed by atoms with Gasteiger partial charge in [-0.1, -0.05) is 51.5 Å². The van der Waals surface area contributed by atoms with Crippen molar-refractivity contribution in [2.24, 2.45) is 0 Å². The Morgan fingerprint density at radius 1 is 1.15 bits per heavy atom. The highest BCUT2D eigenvalue weighted by Crippen LogP contribution is 2.44. The van der Waals surface area contributed by atoms with Crippen molar-refractivity contribution in [1.29, 1.82) is 0 Å². The molecule has 0 spiro atoms. The molecule has 4 rings (SSSR count). The average molecular weight is 543 g/mol. The van der Waals surface area contributed by atoms with Gasteiger partial charge in [-0.15, -0.1) is 0 Å². The van der Waals surface area contributed by atoms with Gasteiger partial charge in [-0.05, 0) is 36.8 Å². The van der Waals surface area contributed by atoms with E-state index in [1.165, 1.54) is 19.1 Å². The normalized spacial score (nSPS) is 17.2. The predicted molar refractivity (Wildman–Crippen MR) is 130 cm³/mol. The first-order valence-electron chi connectivity index (χ1n) is 10.0. The molecule has 0 bridgehead atoms. The van der Waals surface area contributed by atoms with Crippen LogP contribution in [0.15, 0.2) is 58.6 Å². The summed E-state index contributed by atoms with van der Waals surface area (Å²) in [7, 11) is 2.74. The number of hydrogen-bond acceptors (Lipinski definition) is 8. The standard InChI is InChI=1S/C24H19BrN2O6S/c1-12-21(23(31)33-3)34-24(26-12)27-18(13-7-9-15(25)10-8-13)17(20(29)22(27)30)19(28)14-5-4-6-16(11-14)32-2/h4-11,18,28H,1-3H3/b19-17+/t18-/m1/s1. The molecule has 1 fully saturated rings. The number of carbonyl (C=O) groups is 3. The minimum absolute atomic E-state index is 0.0898. The summed E-state index contributed by atoms with van der Waals surface area (Å²) in [6, 6.07) is 12.6. The summed E-state index contributed by atoms with van der Waals surface area (Å²) in [5.41, 5.74) is 1.19. The number of ketones is 1. The fourth-order valence-corrected chi connectivity index (χ4v) is 4.96. The molecule has 3 aromatic rings. The van der Waals surface area contributed by atoms with Crippen LogP contribution in [0.1, 0.15) is 32.5 Å². The number of esters is 1. The number of anilines is 1. The Hall–Kier alpha value is -3.50. The second kappa shape index (κ2) is 9.40. The average Bonchev–Trinajstić information content (AvgIpc) is 3.35. The molecule has 8 nitrogen and oxygen atoms in total. The van der Waals surface area contributed by atoms with Crippen molar-refractivity contribution < 1.29 is 29.0 Å². The number of hydrogen-bond donors (Lipinski definition) is 1. The van der Waals surface area contributed by atoms with Crippen molar-refractivity contribution in [2.45, 2.75) is 13.0 Å². The van der Waals surface area contributed by atoms with Crippen LogP contribution in [0.4, 0.5) is 5.13 Å². The molecule has 1 aromatic heterocycles. The molecule has 1 aliphatic heterocycles. The van der Waals surface area contributed by atoms with E-state index in [9.17, 15) is 19.5 Å². The molecule has 174 valence electrons. The van der Waals surface area contributed by atoms with Crippen LogP contribution in [-0.4, -0.2) is 42.0 Å². The van der Waals surface area contributed by atoms with Crippen LogP contribution in [0.25, 0.3) is 5.76 Å². The molecule has 0 unspecified atom stereocenters. The summed E-state index contributed by atoms with van der Waals surface area (Å²) in [6.07, 6.45) is 0. The monoisotopic (exact) mass is 542 g/mol. The van der Waals surface area contributed by atoms with Gasteiger partial charge in [0, 0.05) is 10.0 Å². The first-order valence-corrected chi connectivity index (χ1v) is 11.6. The molecular weight excluding hydrogens is 524 g/mol. The first-order chi connectivity index (χ1) is 16.3. The Morgan fingerprint density at radius 3 is 2.50 bits per heavy atom. The van der Waals surface area contributed by atoms with E-state index in [0.717, 1.165) is 15.8 Å². The molecule has 1 atom stereocenters. The summed E-state index contributed by atoms with van der Waals surface area (Å²) in [4.78, 5) is 44.4. The van der Waals surface area contributed by atoms with Crippen LogP contribution < -0.4 is 9.64 Å². The Bertz CT molecular complexity index is 1330. The fourth-order valence-electron chi connectivity index (χ4n) is 3.68. The third-order valence-corrected chi connectivity index (χ3v) is 7.00. The third-order valence-electron chi connectivity index (χ3n) is 5.34. The molecule has 0 radical (unpaired) electrons. The Balaban J connectivity index is 1.93. The lowest BCUT2D eigenvalue weighted by Crippen LogP contribution is -2.29. The largest absolute Gasteiger partial charge is 0.507 e. The summed E-state index contributed by atoms with van der Waals surface area (Å²) in [5.74, 6) is -2.16. The number of halogens is 1. The van der Waals surface area contributed by atoms with Gasteiger partial charge in [-0.2, -0.15) is 0 Å². The zero-order valence-corrected chi connectivity index (χ0v) is 20.8. The highest BCUT2D eigenvalue weighted by molar-refractivity contribution is 9.10. The molecule has 34 heavy (non-hydrogen) atoms. The maximum atomic E-state index is 13.2. The topological polar surface area (TPSA) is 106 Å². The van der Waals surface area contributed by atoms with Gasteiger partial charge >= 0.3 is 11.9 Å². The maximum absolute atomic E-state index is 13.2. The Morgan fingerprint density at radius 2 is 1.85 bits per heavy atom. The number of aliphatic hydroxyl groups excluding tert-OH is 1. The van der Waals surface area contributed by atoms with Crippen molar-refractivity contribution in [3.05, 3.63) is 80.3 Å². The lowest BCUT2D eigenvalue weighted by molar-refractivity contribution is -0.132. The SMILES string of the molecule is COC(=O)c1sc(N2C(=O)C(=O)/C(=C(/O)c3cccc(OC)c3)[C@H]2c2ccc(Br)cc2)nc1C. The predicted octanol–water partition coefficient (Wildman–Crippen LogP) is 4.64. The highest BCUT2D eigenvalue weighted by atomic mass is 79.9. The van der Waals surface area contributed by atoms with E-state index in [0.29, 0.717) is 22.6 Å². The van der Waals surface area contributed by atoms with Crippen LogP contribution in [0, 0.1) is 6.92 Å². The second-order valence-electron chi connectivity index (χ2n) is 7.36. The van der Waals surface area contributed by atoms with Gasteiger partial charge in [-0.25, -0.2) is 9.78 Å². The van der Waals surface area contributed by atoms with Crippen molar-refractivity contribution in [1.82, 2.24) is 4.98 Å². The van der Waals surface area contributed by atoms with Crippen molar-refractivity contribution in [3.8, 4) is 5.75 Å². The molecule has 1 amide bonds. The molecule has 2 aromatic carbocycles. The fraction of sp³-hybridized carbons (Fsp3) is 0.167. The smallest absolute Gasteiger partial charge is 0.350 e. The summed E-state index contributed by atoms with van der Waals surface area (Å²) >= 11 is 4.33. The highest BCUT2D eigenvalue weighted by Gasteiger charge is 2.48. The van der Waals surface area contributed by atoms with Gasteiger partial charge in [0.25, 0.3) is 5.78 Å². The molecule has 10 heteroatoms. The van der Waals surface area contributed by atoms with Crippen LogP contribution in [-0.2, 0) is 14.3 Å². The zero-order valence-electron chi connectivity index (χ0n) is 18.4. The van der Waals surface area contributed by atoms with Crippen molar-refractivity contribution in [3.63, 3.8) is 0 Å². The number of aryl methyl sites for hydroxylation is 1. The number of methoxy groups -OCH3 is 2. The number of carbonyl (C=O) groups excluding carboxylic acids is 3. The molecule has 1 N–H and O–H groups in total. The van der Waals surface area contributed by atoms with E-state index in [1.807, 2.05) is 0 Å². The number of thiazole rings is 1. The van der Waals surface area contributed by atoms with Gasteiger partial charge in [0.05, 0.1) is 31.5 Å². The molecular formula is C24H19BrN2O6S. The number of rotatable bonds is 5. The number of ether oxygens (including phenoxy) is 2. The van der Waals surface area contributed by atoms with Crippen LogP contribution in [0.5, 0.6) is 5.75 Å². The molecule has 2 heterocycles. The van der Waals surface area contributed by atoms with Crippen LogP contribution in [0.2, 0.25) is 0 Å². The number of nitrogens with zero attached hydrogens (tertiary/aromatic N) is 2. The van der Waals surface area contributed by atoms with Gasteiger partial charge < -0.3 is 14.6 Å². The minimum Gasteiger partial charge on any atom is -0.507 e. The number of amides is 1. The minimum atomic E-state index is -0.963. The molecule has 1 aliphatic rings. The summed E-state index contributed by atoms with van der Waals surface area (Å²) in [6.45, 7) is 1.62. The van der Waals surface area contributed by atoms with Gasteiger partial charge in [0.1, 0.15) is 16.4 Å². The summed E-state index contributed by atoms with van der Waals surface area (Å²) < 4.78 is 10.8. The van der Waals surface area contributed by atoms with E-state index < -0.39 is 23.7 Å². The van der Waals surface area contributed by atoms with Crippen LogP contribution >= 0.6 is 27.3 Å². The molecule has 1 saturated heterocycles. The number of Topliss-reactive ketones (excluding diaryl/α,β-unsaturated/α-hetero) is 1. The summed E-state index contributed by atoms with van der Waals surface area (Å²) in [5, 5.41) is 11.3. The van der Waals surface area contributed by atoms with E-state index in [4.69, 9.17) is 9.47 Å². The maximum Gasteiger partial charge on any atom is 0.350 e. The Labute approximate surface area is 207 Å². The van der Waals surface area contributed by atoms with Crippen molar-refractivity contribution in [2.75, 3.05) is 19.1 Å².